The highest BCUT2D eigenvalue weighted by Gasteiger charge is 2.10. The molecular formula is C12H6BrN3O3. The van der Waals surface area contributed by atoms with Gasteiger partial charge in [0.25, 0.3) is 5.69 Å². The van der Waals surface area contributed by atoms with Crippen molar-refractivity contribution in [3.8, 4) is 17.7 Å². The molecule has 0 fully saturated rings. The molecule has 1 aromatic carbocycles. The van der Waals surface area contributed by atoms with Crippen molar-refractivity contribution < 1.29 is 9.66 Å². The molecule has 2 rings (SSSR count). The fourth-order valence-corrected chi connectivity index (χ4v) is 1.83. The minimum absolute atomic E-state index is 0.0965. The van der Waals surface area contributed by atoms with Gasteiger partial charge < -0.3 is 4.74 Å². The smallest absolute Gasteiger partial charge is 0.274 e. The van der Waals surface area contributed by atoms with E-state index in [4.69, 9.17) is 10.00 Å². The van der Waals surface area contributed by atoms with Crippen LogP contribution in [0.5, 0.6) is 11.6 Å². The number of hydrogen-bond donors (Lipinski definition) is 0. The zero-order valence-corrected chi connectivity index (χ0v) is 11.0. The Morgan fingerprint density at radius 2 is 2.16 bits per heavy atom. The van der Waals surface area contributed by atoms with Crippen LogP contribution in [0.15, 0.2) is 41.0 Å². The van der Waals surface area contributed by atoms with Crippen molar-refractivity contribution in [2.75, 3.05) is 0 Å². The fourth-order valence-electron chi connectivity index (χ4n) is 1.37. The van der Waals surface area contributed by atoms with Gasteiger partial charge in [-0.25, -0.2) is 4.98 Å². The van der Waals surface area contributed by atoms with E-state index in [-0.39, 0.29) is 17.3 Å². The number of benzene rings is 1. The summed E-state index contributed by atoms with van der Waals surface area (Å²) in [5.41, 5.74) is 0.301. The van der Waals surface area contributed by atoms with E-state index in [1.54, 1.807) is 6.07 Å². The topological polar surface area (TPSA) is 89.0 Å². The molecule has 0 unspecified atom stereocenters. The summed E-state index contributed by atoms with van der Waals surface area (Å²) < 4.78 is 5.92. The van der Waals surface area contributed by atoms with Crippen molar-refractivity contribution in [1.29, 1.82) is 5.26 Å². The van der Waals surface area contributed by atoms with Crippen molar-refractivity contribution in [3.63, 3.8) is 0 Å². The van der Waals surface area contributed by atoms with E-state index in [1.165, 1.54) is 30.5 Å². The molecule has 0 aliphatic heterocycles. The number of rotatable bonds is 3. The molecule has 0 spiro atoms. The molecule has 2 aromatic rings. The molecule has 1 heterocycles. The number of nitro groups is 1. The van der Waals surface area contributed by atoms with Crippen molar-refractivity contribution in [2.45, 2.75) is 0 Å². The molecule has 0 aliphatic carbocycles. The first-order valence-electron chi connectivity index (χ1n) is 5.07. The first kappa shape index (κ1) is 13.0. The highest BCUT2D eigenvalue weighted by molar-refractivity contribution is 9.10. The number of nitriles is 1. The van der Waals surface area contributed by atoms with Crippen LogP contribution < -0.4 is 4.74 Å². The van der Waals surface area contributed by atoms with Crippen LogP contribution in [0.1, 0.15) is 5.56 Å². The van der Waals surface area contributed by atoms with Crippen LogP contribution in [0.2, 0.25) is 0 Å². The number of ether oxygens (including phenoxy) is 1. The lowest BCUT2D eigenvalue weighted by Crippen LogP contribution is -1.92. The summed E-state index contributed by atoms with van der Waals surface area (Å²) in [4.78, 5) is 14.1. The standard InChI is InChI=1S/C12H6BrN3O3/c13-9-4-10(16(17)18)6-11(5-9)19-12-3-8(7-14)1-2-15-12/h1-6H. The Morgan fingerprint density at radius 1 is 1.37 bits per heavy atom. The van der Waals surface area contributed by atoms with E-state index in [9.17, 15) is 10.1 Å². The van der Waals surface area contributed by atoms with Crippen LogP contribution in [-0.2, 0) is 0 Å². The third-order valence-corrected chi connectivity index (χ3v) is 2.61. The molecule has 0 N–H and O–H groups in total. The number of nitro benzene ring substituents is 1. The molecule has 0 aliphatic rings. The molecular weight excluding hydrogens is 314 g/mol. The van der Waals surface area contributed by atoms with Gasteiger partial charge in [0.1, 0.15) is 5.75 Å². The average molecular weight is 320 g/mol. The Labute approximate surface area is 116 Å². The van der Waals surface area contributed by atoms with Crippen LogP contribution >= 0.6 is 15.9 Å². The Kier molecular flexibility index (Phi) is 3.73. The Balaban J connectivity index is 2.33. The van der Waals surface area contributed by atoms with Crippen LogP contribution in [0.3, 0.4) is 0 Å². The van der Waals surface area contributed by atoms with E-state index < -0.39 is 4.92 Å². The van der Waals surface area contributed by atoms with Gasteiger partial charge in [-0.3, -0.25) is 10.1 Å². The van der Waals surface area contributed by atoms with E-state index in [1.807, 2.05) is 6.07 Å². The minimum Gasteiger partial charge on any atom is -0.439 e. The maximum Gasteiger partial charge on any atom is 0.274 e. The highest BCUT2D eigenvalue weighted by atomic mass is 79.9. The summed E-state index contributed by atoms with van der Waals surface area (Å²) in [7, 11) is 0. The lowest BCUT2D eigenvalue weighted by atomic mass is 10.3. The molecule has 0 saturated carbocycles. The summed E-state index contributed by atoms with van der Waals surface area (Å²) >= 11 is 3.17. The number of hydrogen-bond acceptors (Lipinski definition) is 5. The molecule has 0 amide bonds. The van der Waals surface area contributed by atoms with Gasteiger partial charge in [0, 0.05) is 22.8 Å². The van der Waals surface area contributed by atoms with Crippen LogP contribution in [0.4, 0.5) is 5.69 Å². The number of non-ortho nitro benzene ring substituents is 1. The van der Waals surface area contributed by atoms with E-state index in [0.29, 0.717) is 10.0 Å². The summed E-state index contributed by atoms with van der Waals surface area (Å²) in [6.45, 7) is 0. The Hall–Kier alpha value is -2.46. The SMILES string of the molecule is N#Cc1ccnc(Oc2cc(Br)cc([N+](=O)[O-])c2)c1. The van der Waals surface area contributed by atoms with E-state index in [0.717, 1.165) is 0 Å². The summed E-state index contributed by atoms with van der Waals surface area (Å²) in [6, 6.07) is 9.17. The van der Waals surface area contributed by atoms with Crippen molar-refractivity contribution >= 4 is 21.6 Å². The highest BCUT2D eigenvalue weighted by Crippen LogP contribution is 2.29. The number of nitrogens with zero attached hydrogens (tertiary/aromatic N) is 3. The van der Waals surface area contributed by atoms with Crippen molar-refractivity contribution in [3.05, 3.63) is 56.7 Å². The fraction of sp³-hybridized carbons (Fsp3) is 0. The quantitative estimate of drug-likeness (QED) is 0.638. The van der Waals surface area contributed by atoms with Gasteiger partial charge in [-0.2, -0.15) is 5.26 Å². The lowest BCUT2D eigenvalue weighted by Gasteiger charge is -2.05. The molecule has 0 bridgehead atoms. The van der Waals surface area contributed by atoms with Gasteiger partial charge in [-0.1, -0.05) is 15.9 Å². The Bertz CT molecular complexity index is 682. The molecule has 0 radical (unpaired) electrons. The molecule has 19 heavy (non-hydrogen) atoms. The number of pyridine rings is 1. The first-order chi connectivity index (χ1) is 9.08. The summed E-state index contributed by atoms with van der Waals surface area (Å²) in [5, 5.41) is 19.5. The molecule has 7 heteroatoms. The van der Waals surface area contributed by atoms with Crippen molar-refractivity contribution in [2.24, 2.45) is 0 Å². The van der Waals surface area contributed by atoms with E-state index >= 15 is 0 Å². The zero-order chi connectivity index (χ0) is 13.8. The van der Waals surface area contributed by atoms with Gasteiger partial charge in [-0.15, -0.1) is 0 Å². The third-order valence-electron chi connectivity index (χ3n) is 2.15. The number of aromatic nitrogens is 1. The van der Waals surface area contributed by atoms with Crippen LogP contribution in [-0.4, -0.2) is 9.91 Å². The lowest BCUT2D eigenvalue weighted by molar-refractivity contribution is -0.385. The molecule has 1 aromatic heterocycles. The van der Waals surface area contributed by atoms with Gasteiger partial charge in [0.2, 0.25) is 5.88 Å². The van der Waals surface area contributed by atoms with Gasteiger partial charge in [0.15, 0.2) is 0 Å². The van der Waals surface area contributed by atoms with Gasteiger partial charge >= 0.3 is 0 Å². The largest absolute Gasteiger partial charge is 0.439 e. The second-order valence-corrected chi connectivity index (χ2v) is 4.41. The second-order valence-electron chi connectivity index (χ2n) is 3.50. The monoisotopic (exact) mass is 319 g/mol. The van der Waals surface area contributed by atoms with Crippen LogP contribution in [0.25, 0.3) is 0 Å². The molecule has 0 saturated heterocycles. The molecule has 94 valence electrons. The minimum atomic E-state index is -0.517. The van der Waals surface area contributed by atoms with E-state index in [2.05, 4.69) is 20.9 Å². The van der Waals surface area contributed by atoms with Gasteiger partial charge in [0.05, 0.1) is 22.6 Å². The predicted octanol–water partition coefficient (Wildman–Crippen LogP) is 3.42. The van der Waals surface area contributed by atoms with Crippen LogP contribution in [0, 0.1) is 21.4 Å². The maximum atomic E-state index is 10.7. The summed E-state index contributed by atoms with van der Waals surface area (Å²) in [5.74, 6) is 0.468. The second kappa shape index (κ2) is 5.46. The molecule has 6 nitrogen and oxygen atoms in total. The average Bonchev–Trinajstić information content (AvgIpc) is 2.38. The zero-order valence-electron chi connectivity index (χ0n) is 9.41. The third kappa shape index (κ3) is 3.26. The normalized spacial score (nSPS) is 9.68. The first-order valence-corrected chi connectivity index (χ1v) is 5.87. The maximum absolute atomic E-state index is 10.7. The predicted molar refractivity (Wildman–Crippen MR) is 69.8 cm³/mol. The summed E-state index contributed by atoms with van der Waals surface area (Å²) in [6.07, 6.45) is 1.43. The van der Waals surface area contributed by atoms with Gasteiger partial charge in [-0.05, 0) is 12.1 Å². The number of halogens is 1. The molecule has 0 atom stereocenters. The van der Waals surface area contributed by atoms with Crippen molar-refractivity contribution in [1.82, 2.24) is 4.98 Å². The Morgan fingerprint density at radius 3 is 2.84 bits per heavy atom.